The standard InChI is InChI=1S/C30H31N3O2/c1-19(20(2)33(3)32)24-11-7-12-25-27(34)26(28(35-29(24)25)22-9-5-4-6-10-22)21-13-15-23(16-14-21)30(31)17-8-18-30/h4-7,9-16H,8,17-18,31-32H2,1-3H3. The van der Waals surface area contributed by atoms with Crippen molar-refractivity contribution in [3.63, 3.8) is 0 Å². The van der Waals surface area contributed by atoms with Crippen LogP contribution in [0.2, 0.25) is 0 Å². The van der Waals surface area contributed by atoms with Crippen molar-refractivity contribution < 1.29 is 4.42 Å². The molecule has 178 valence electrons. The molecule has 1 aliphatic carbocycles. The summed E-state index contributed by atoms with van der Waals surface area (Å²) in [6.07, 6.45) is 3.14. The molecule has 3 aromatic carbocycles. The quantitative estimate of drug-likeness (QED) is 0.278. The predicted octanol–water partition coefficient (Wildman–Crippen LogP) is 6.02. The van der Waals surface area contributed by atoms with E-state index in [1.807, 2.05) is 74.5 Å². The SMILES string of the molecule is CC(=C(C)N(C)N)c1cccc2c(=O)c(-c3ccc(C4(N)CCC4)cc3)c(-c3ccccc3)oc12. The molecule has 1 aromatic heterocycles. The van der Waals surface area contributed by atoms with Crippen LogP contribution in [-0.4, -0.2) is 12.1 Å². The number of hydrogen-bond donors (Lipinski definition) is 2. The molecule has 0 saturated heterocycles. The Morgan fingerprint density at radius 2 is 1.60 bits per heavy atom. The summed E-state index contributed by atoms with van der Waals surface area (Å²) in [5.74, 6) is 6.56. The zero-order valence-corrected chi connectivity index (χ0v) is 20.5. The minimum atomic E-state index is -0.248. The van der Waals surface area contributed by atoms with E-state index in [1.54, 1.807) is 12.1 Å². The number of allylic oxidation sites excluding steroid dienone is 2. The maximum atomic E-state index is 14.0. The summed E-state index contributed by atoms with van der Waals surface area (Å²) in [6, 6.07) is 23.6. The first-order valence-electron chi connectivity index (χ1n) is 12.0. The summed E-state index contributed by atoms with van der Waals surface area (Å²) in [5, 5.41) is 2.12. The highest BCUT2D eigenvalue weighted by molar-refractivity contribution is 5.95. The van der Waals surface area contributed by atoms with Gasteiger partial charge in [-0.1, -0.05) is 66.7 Å². The second-order valence-corrected chi connectivity index (χ2v) is 9.59. The maximum absolute atomic E-state index is 14.0. The summed E-state index contributed by atoms with van der Waals surface area (Å²) in [5.41, 5.74) is 12.8. The Morgan fingerprint density at radius 1 is 0.914 bits per heavy atom. The number of para-hydroxylation sites is 1. The van der Waals surface area contributed by atoms with E-state index in [-0.39, 0.29) is 11.0 Å². The molecule has 0 atom stereocenters. The fourth-order valence-electron chi connectivity index (χ4n) is 4.84. The average molecular weight is 466 g/mol. The number of fused-ring (bicyclic) bond motifs is 1. The number of benzene rings is 3. The van der Waals surface area contributed by atoms with Crippen molar-refractivity contribution >= 4 is 16.5 Å². The van der Waals surface area contributed by atoms with Crippen LogP contribution < -0.4 is 17.0 Å². The topological polar surface area (TPSA) is 85.5 Å². The lowest BCUT2D eigenvalue weighted by atomic mass is 9.72. The maximum Gasteiger partial charge on any atom is 0.201 e. The largest absolute Gasteiger partial charge is 0.455 e. The molecule has 0 radical (unpaired) electrons. The molecule has 0 aliphatic heterocycles. The number of hydrazine groups is 1. The summed E-state index contributed by atoms with van der Waals surface area (Å²) >= 11 is 0. The fraction of sp³-hybridized carbons (Fsp3) is 0.233. The van der Waals surface area contributed by atoms with Crippen LogP contribution in [-0.2, 0) is 5.54 Å². The molecule has 1 fully saturated rings. The van der Waals surface area contributed by atoms with E-state index in [4.69, 9.17) is 16.0 Å². The van der Waals surface area contributed by atoms with Gasteiger partial charge < -0.3 is 15.2 Å². The van der Waals surface area contributed by atoms with Crippen LogP contribution in [0.1, 0.15) is 44.2 Å². The molecule has 0 spiro atoms. The first kappa shape index (κ1) is 23.1. The smallest absolute Gasteiger partial charge is 0.201 e. The second kappa shape index (κ2) is 8.84. The Balaban J connectivity index is 1.78. The summed E-state index contributed by atoms with van der Waals surface area (Å²) in [7, 11) is 1.80. The van der Waals surface area contributed by atoms with Crippen LogP contribution in [0.3, 0.4) is 0 Å². The highest BCUT2D eigenvalue weighted by atomic mass is 16.3. The molecular formula is C30H31N3O2. The van der Waals surface area contributed by atoms with Gasteiger partial charge in [-0.2, -0.15) is 0 Å². The van der Waals surface area contributed by atoms with Crippen LogP contribution in [0.25, 0.3) is 39.0 Å². The first-order chi connectivity index (χ1) is 16.8. The lowest BCUT2D eigenvalue weighted by Crippen LogP contribution is -2.43. The van der Waals surface area contributed by atoms with Crippen molar-refractivity contribution in [2.45, 2.75) is 38.6 Å². The minimum absolute atomic E-state index is 0.0580. The molecule has 1 heterocycles. The number of nitrogens with zero attached hydrogens (tertiary/aromatic N) is 1. The highest BCUT2D eigenvalue weighted by Gasteiger charge is 2.34. The lowest BCUT2D eigenvalue weighted by Gasteiger charge is -2.38. The Hall–Kier alpha value is -3.67. The van der Waals surface area contributed by atoms with Crippen LogP contribution >= 0.6 is 0 Å². The normalized spacial score (nSPS) is 15.5. The molecule has 4 N–H and O–H groups in total. The average Bonchev–Trinajstić information content (AvgIpc) is 2.86. The van der Waals surface area contributed by atoms with Crippen molar-refractivity contribution in [1.82, 2.24) is 5.01 Å². The minimum Gasteiger partial charge on any atom is -0.455 e. The van der Waals surface area contributed by atoms with Gasteiger partial charge >= 0.3 is 0 Å². The molecule has 5 heteroatoms. The molecule has 0 bridgehead atoms. The highest BCUT2D eigenvalue weighted by Crippen LogP contribution is 2.40. The third-order valence-electron chi connectivity index (χ3n) is 7.42. The molecular weight excluding hydrogens is 434 g/mol. The van der Waals surface area contributed by atoms with Crippen LogP contribution in [0, 0.1) is 0 Å². The van der Waals surface area contributed by atoms with Crippen molar-refractivity contribution in [2.75, 3.05) is 7.05 Å². The van der Waals surface area contributed by atoms with Gasteiger partial charge in [-0.3, -0.25) is 4.79 Å². The second-order valence-electron chi connectivity index (χ2n) is 9.59. The Labute approximate surface area is 205 Å². The van der Waals surface area contributed by atoms with Gasteiger partial charge in [0, 0.05) is 29.4 Å². The van der Waals surface area contributed by atoms with Crippen molar-refractivity contribution in [1.29, 1.82) is 0 Å². The van der Waals surface area contributed by atoms with Crippen LogP contribution in [0.5, 0.6) is 0 Å². The van der Waals surface area contributed by atoms with E-state index in [0.29, 0.717) is 22.3 Å². The number of nitrogens with two attached hydrogens (primary N) is 2. The van der Waals surface area contributed by atoms with E-state index in [0.717, 1.165) is 52.8 Å². The molecule has 4 aromatic rings. The van der Waals surface area contributed by atoms with E-state index in [1.165, 1.54) is 0 Å². The molecule has 5 nitrogen and oxygen atoms in total. The van der Waals surface area contributed by atoms with Gasteiger partial charge in [-0.15, -0.1) is 0 Å². The zero-order valence-electron chi connectivity index (χ0n) is 20.5. The molecule has 1 saturated carbocycles. The summed E-state index contributed by atoms with van der Waals surface area (Å²) in [6.45, 7) is 3.94. The van der Waals surface area contributed by atoms with E-state index < -0.39 is 0 Å². The van der Waals surface area contributed by atoms with Gasteiger partial charge in [0.1, 0.15) is 11.3 Å². The van der Waals surface area contributed by atoms with Gasteiger partial charge in [0.05, 0.1) is 10.9 Å². The third kappa shape index (κ3) is 3.97. The lowest BCUT2D eigenvalue weighted by molar-refractivity contribution is 0.253. The Morgan fingerprint density at radius 3 is 2.20 bits per heavy atom. The number of hydrogen-bond acceptors (Lipinski definition) is 5. The van der Waals surface area contributed by atoms with Crippen LogP contribution in [0.4, 0.5) is 0 Å². The van der Waals surface area contributed by atoms with Crippen LogP contribution in [0.15, 0.2) is 87.7 Å². The zero-order chi connectivity index (χ0) is 24.7. The van der Waals surface area contributed by atoms with E-state index in [9.17, 15) is 4.79 Å². The van der Waals surface area contributed by atoms with Crippen molar-refractivity contribution in [2.24, 2.45) is 11.6 Å². The fourth-order valence-corrected chi connectivity index (χ4v) is 4.84. The third-order valence-corrected chi connectivity index (χ3v) is 7.42. The molecule has 5 rings (SSSR count). The molecule has 0 unspecified atom stereocenters. The van der Waals surface area contributed by atoms with E-state index >= 15 is 0 Å². The first-order valence-corrected chi connectivity index (χ1v) is 12.0. The van der Waals surface area contributed by atoms with Crippen molar-refractivity contribution in [3.8, 4) is 22.5 Å². The number of rotatable bonds is 5. The van der Waals surface area contributed by atoms with Gasteiger partial charge in [-0.05, 0) is 55.9 Å². The predicted molar refractivity (Wildman–Crippen MR) is 143 cm³/mol. The Kier molecular flexibility index (Phi) is 5.83. The van der Waals surface area contributed by atoms with Crippen molar-refractivity contribution in [3.05, 3.63) is 99.8 Å². The molecule has 0 amide bonds. The monoisotopic (exact) mass is 465 g/mol. The summed E-state index contributed by atoms with van der Waals surface area (Å²) in [4.78, 5) is 14.0. The summed E-state index contributed by atoms with van der Waals surface area (Å²) < 4.78 is 6.61. The van der Waals surface area contributed by atoms with Gasteiger partial charge in [-0.25, -0.2) is 5.84 Å². The Bertz CT molecular complexity index is 1480. The van der Waals surface area contributed by atoms with Gasteiger partial charge in [0.25, 0.3) is 0 Å². The van der Waals surface area contributed by atoms with Gasteiger partial charge in [0.2, 0.25) is 5.43 Å². The molecule has 1 aliphatic rings. The molecule has 35 heavy (non-hydrogen) atoms. The van der Waals surface area contributed by atoms with Gasteiger partial charge in [0.15, 0.2) is 0 Å². The van der Waals surface area contributed by atoms with E-state index in [2.05, 4.69) is 12.1 Å².